The number of rotatable bonds is 2. The minimum Gasteiger partial charge on any atom is -0.294 e. The molecule has 84 valence electrons. The average Bonchev–Trinajstić information content (AvgIpc) is 2.68. The molecule has 0 saturated carbocycles. The van der Waals surface area contributed by atoms with Crippen molar-refractivity contribution >= 4 is 16.6 Å². The fourth-order valence-corrected chi connectivity index (χ4v) is 2.74. The Balaban J connectivity index is 2.18. The Labute approximate surface area is 101 Å². The Bertz CT molecular complexity index is 610. The molecule has 0 bridgehead atoms. The topological polar surface area (TPSA) is 17.1 Å². The summed E-state index contributed by atoms with van der Waals surface area (Å²) in [7, 11) is 0. The molecule has 0 aromatic heterocycles. The number of benzene rings is 2. The van der Waals surface area contributed by atoms with Gasteiger partial charge in [-0.25, -0.2) is 0 Å². The summed E-state index contributed by atoms with van der Waals surface area (Å²) in [6.07, 6.45) is 3.49. The van der Waals surface area contributed by atoms with E-state index in [4.69, 9.17) is 0 Å². The van der Waals surface area contributed by atoms with E-state index in [0.717, 1.165) is 18.4 Å². The standard InChI is InChI=1S/C16H14O/c1-2-5-12-10-15-13-7-4-3-6-11(13)8-9-14(15)16(12)17/h2-4,6-9,12H,1,5,10H2. The summed E-state index contributed by atoms with van der Waals surface area (Å²) in [6.45, 7) is 3.73. The van der Waals surface area contributed by atoms with Gasteiger partial charge in [-0.05, 0) is 29.2 Å². The molecule has 0 spiro atoms. The van der Waals surface area contributed by atoms with Gasteiger partial charge in [0, 0.05) is 11.5 Å². The molecule has 1 heteroatoms. The normalized spacial score (nSPS) is 18.4. The molecule has 0 saturated heterocycles. The maximum Gasteiger partial charge on any atom is 0.166 e. The van der Waals surface area contributed by atoms with Crippen LogP contribution in [0, 0.1) is 5.92 Å². The van der Waals surface area contributed by atoms with Crippen LogP contribution >= 0.6 is 0 Å². The van der Waals surface area contributed by atoms with Gasteiger partial charge in [-0.15, -0.1) is 6.58 Å². The highest BCUT2D eigenvalue weighted by Crippen LogP contribution is 2.34. The lowest BCUT2D eigenvalue weighted by Crippen LogP contribution is -2.07. The molecule has 0 amide bonds. The summed E-state index contributed by atoms with van der Waals surface area (Å²) in [5, 5.41) is 2.45. The van der Waals surface area contributed by atoms with E-state index >= 15 is 0 Å². The van der Waals surface area contributed by atoms with Crippen LogP contribution in [0.2, 0.25) is 0 Å². The molecule has 1 aliphatic carbocycles. The third kappa shape index (κ3) is 1.50. The number of carbonyl (C=O) groups excluding carboxylic acids is 1. The first-order valence-corrected chi connectivity index (χ1v) is 5.97. The van der Waals surface area contributed by atoms with Crippen molar-refractivity contribution in [2.24, 2.45) is 5.92 Å². The second-order valence-corrected chi connectivity index (χ2v) is 4.60. The number of hydrogen-bond donors (Lipinski definition) is 0. The van der Waals surface area contributed by atoms with Gasteiger partial charge in [0.2, 0.25) is 0 Å². The molecule has 1 atom stereocenters. The van der Waals surface area contributed by atoms with Crippen molar-refractivity contribution in [2.45, 2.75) is 12.8 Å². The molecule has 1 unspecified atom stereocenters. The first-order chi connectivity index (χ1) is 8.31. The minimum absolute atomic E-state index is 0.105. The van der Waals surface area contributed by atoms with Crippen molar-refractivity contribution in [3.63, 3.8) is 0 Å². The van der Waals surface area contributed by atoms with Crippen molar-refractivity contribution in [1.29, 1.82) is 0 Å². The second-order valence-electron chi connectivity index (χ2n) is 4.60. The monoisotopic (exact) mass is 222 g/mol. The lowest BCUT2D eigenvalue weighted by molar-refractivity contribution is 0.0938. The number of fused-ring (bicyclic) bond motifs is 3. The molecule has 0 heterocycles. The summed E-state index contributed by atoms with van der Waals surface area (Å²) in [4.78, 5) is 12.2. The van der Waals surface area contributed by atoms with E-state index in [-0.39, 0.29) is 11.7 Å². The zero-order valence-corrected chi connectivity index (χ0v) is 9.65. The van der Waals surface area contributed by atoms with Crippen LogP contribution in [0.15, 0.2) is 49.1 Å². The fourth-order valence-electron chi connectivity index (χ4n) is 2.74. The molecule has 1 nitrogen and oxygen atoms in total. The van der Waals surface area contributed by atoms with Gasteiger partial charge >= 0.3 is 0 Å². The third-order valence-electron chi connectivity index (χ3n) is 3.58. The number of allylic oxidation sites excluding steroid dienone is 1. The van der Waals surface area contributed by atoms with E-state index in [1.807, 2.05) is 30.3 Å². The van der Waals surface area contributed by atoms with Gasteiger partial charge < -0.3 is 0 Å². The number of Topliss-reactive ketones (excluding diaryl/α,β-unsaturated/α-hetero) is 1. The highest BCUT2D eigenvalue weighted by Gasteiger charge is 2.30. The van der Waals surface area contributed by atoms with E-state index in [0.29, 0.717) is 0 Å². The average molecular weight is 222 g/mol. The van der Waals surface area contributed by atoms with Crippen molar-refractivity contribution < 1.29 is 4.79 Å². The fraction of sp³-hybridized carbons (Fsp3) is 0.188. The summed E-state index contributed by atoms with van der Waals surface area (Å²) in [5.74, 6) is 0.388. The van der Waals surface area contributed by atoms with E-state index in [2.05, 4.69) is 18.7 Å². The van der Waals surface area contributed by atoms with Gasteiger partial charge in [-0.1, -0.05) is 42.5 Å². The van der Waals surface area contributed by atoms with Crippen molar-refractivity contribution in [3.8, 4) is 0 Å². The predicted octanol–water partition coefficient (Wildman–Crippen LogP) is 3.77. The molecular formula is C16H14O. The number of hydrogen-bond acceptors (Lipinski definition) is 1. The molecular weight excluding hydrogens is 208 g/mol. The lowest BCUT2D eigenvalue weighted by atomic mass is 10.0. The minimum atomic E-state index is 0.105. The molecule has 3 rings (SSSR count). The van der Waals surface area contributed by atoms with E-state index in [9.17, 15) is 4.79 Å². The van der Waals surface area contributed by atoms with Crippen LogP contribution < -0.4 is 0 Å². The predicted molar refractivity (Wildman–Crippen MR) is 70.3 cm³/mol. The number of carbonyl (C=O) groups is 1. The van der Waals surface area contributed by atoms with Crippen LogP contribution in [0.5, 0.6) is 0 Å². The van der Waals surface area contributed by atoms with Crippen molar-refractivity contribution in [2.75, 3.05) is 0 Å². The van der Waals surface area contributed by atoms with Gasteiger partial charge in [0.25, 0.3) is 0 Å². The molecule has 17 heavy (non-hydrogen) atoms. The molecule has 1 aliphatic rings. The summed E-state index contributed by atoms with van der Waals surface area (Å²) < 4.78 is 0. The highest BCUT2D eigenvalue weighted by atomic mass is 16.1. The Hall–Kier alpha value is -1.89. The smallest absolute Gasteiger partial charge is 0.166 e. The summed E-state index contributed by atoms with van der Waals surface area (Å²) >= 11 is 0. The van der Waals surface area contributed by atoms with E-state index in [1.54, 1.807) is 0 Å². The molecule has 0 fully saturated rings. The maximum absolute atomic E-state index is 12.2. The second kappa shape index (κ2) is 3.85. The zero-order chi connectivity index (χ0) is 11.8. The number of ketones is 1. The first kappa shape index (κ1) is 10.3. The van der Waals surface area contributed by atoms with Crippen LogP contribution in [0.4, 0.5) is 0 Å². The molecule has 0 radical (unpaired) electrons. The van der Waals surface area contributed by atoms with Gasteiger partial charge in [0.1, 0.15) is 0 Å². The quantitative estimate of drug-likeness (QED) is 0.707. The van der Waals surface area contributed by atoms with Crippen LogP contribution in [0.3, 0.4) is 0 Å². The molecule has 2 aromatic carbocycles. The zero-order valence-electron chi connectivity index (χ0n) is 9.65. The van der Waals surface area contributed by atoms with E-state index in [1.165, 1.54) is 16.3 Å². The Morgan fingerprint density at radius 1 is 1.24 bits per heavy atom. The van der Waals surface area contributed by atoms with Crippen LogP contribution in [-0.2, 0) is 6.42 Å². The first-order valence-electron chi connectivity index (χ1n) is 5.97. The Morgan fingerprint density at radius 2 is 2.06 bits per heavy atom. The molecule has 2 aromatic rings. The molecule has 0 N–H and O–H groups in total. The van der Waals surface area contributed by atoms with Crippen LogP contribution in [0.25, 0.3) is 10.8 Å². The Kier molecular flexibility index (Phi) is 2.32. The van der Waals surface area contributed by atoms with Gasteiger partial charge in [-0.3, -0.25) is 4.79 Å². The van der Waals surface area contributed by atoms with Crippen molar-refractivity contribution in [3.05, 3.63) is 60.2 Å². The largest absolute Gasteiger partial charge is 0.294 e. The van der Waals surface area contributed by atoms with Gasteiger partial charge in [0.05, 0.1) is 0 Å². The lowest BCUT2D eigenvalue weighted by Gasteiger charge is -2.03. The van der Waals surface area contributed by atoms with E-state index < -0.39 is 0 Å². The van der Waals surface area contributed by atoms with Crippen LogP contribution in [0.1, 0.15) is 22.3 Å². The third-order valence-corrected chi connectivity index (χ3v) is 3.58. The summed E-state index contributed by atoms with van der Waals surface area (Å²) in [6, 6.07) is 12.3. The van der Waals surface area contributed by atoms with Crippen LogP contribution in [-0.4, -0.2) is 5.78 Å². The molecule has 0 aliphatic heterocycles. The SMILES string of the molecule is C=CCC1Cc2c(ccc3ccccc23)C1=O. The summed E-state index contributed by atoms with van der Waals surface area (Å²) in [5.41, 5.74) is 2.13. The van der Waals surface area contributed by atoms with Gasteiger partial charge in [0.15, 0.2) is 5.78 Å². The highest BCUT2D eigenvalue weighted by molar-refractivity contribution is 6.07. The van der Waals surface area contributed by atoms with Gasteiger partial charge in [-0.2, -0.15) is 0 Å². The van der Waals surface area contributed by atoms with Crippen molar-refractivity contribution in [1.82, 2.24) is 0 Å². The maximum atomic E-state index is 12.2. The Morgan fingerprint density at radius 3 is 2.88 bits per heavy atom.